The summed E-state index contributed by atoms with van der Waals surface area (Å²) in [4.78, 5) is 24.4. The molecule has 0 spiro atoms. The zero-order valence-corrected chi connectivity index (χ0v) is 18.5. The molecule has 1 heterocycles. The number of alkyl halides is 3. The zero-order chi connectivity index (χ0) is 24.2. The number of nitrogens with one attached hydrogen (secondary N) is 2. The van der Waals surface area contributed by atoms with E-state index in [1.165, 1.54) is 28.8 Å². The average Bonchev–Trinajstić information content (AvgIpc) is 3.08. The molecule has 0 aliphatic heterocycles. The summed E-state index contributed by atoms with van der Waals surface area (Å²) < 4.78 is 53.1. The normalized spacial score (nSPS) is 11.3. The largest absolute Gasteiger partial charge is 0.416 e. The van der Waals surface area contributed by atoms with Crippen LogP contribution in [0.4, 0.5) is 28.9 Å². The predicted octanol–water partition coefficient (Wildman–Crippen LogP) is 4.54. The van der Waals surface area contributed by atoms with Gasteiger partial charge in [0.1, 0.15) is 11.6 Å². The van der Waals surface area contributed by atoms with Crippen molar-refractivity contribution < 1.29 is 27.2 Å². The van der Waals surface area contributed by atoms with Gasteiger partial charge in [0.05, 0.1) is 22.8 Å². The predicted molar refractivity (Wildman–Crippen MR) is 116 cm³/mol. The number of carbonyl (C=O) groups excluding carboxylic acids is 2. The van der Waals surface area contributed by atoms with E-state index in [1.807, 2.05) is 0 Å². The molecule has 0 saturated carbocycles. The molecule has 13 heteroatoms. The third-order valence-corrected chi connectivity index (χ3v) is 5.56. The molecule has 0 fully saturated rings. The monoisotopic (exact) mass is 501 g/mol. The number of carbonyl (C=O) groups is 2. The van der Waals surface area contributed by atoms with Gasteiger partial charge in [-0.3, -0.25) is 9.59 Å². The van der Waals surface area contributed by atoms with Crippen LogP contribution in [-0.2, 0) is 29.2 Å². The van der Waals surface area contributed by atoms with Crippen LogP contribution < -0.4 is 10.6 Å². The second-order valence-electron chi connectivity index (χ2n) is 6.73. The Balaban J connectivity index is 1.55. The smallest absolute Gasteiger partial charge is 0.326 e. The molecule has 1 aromatic heterocycles. The highest BCUT2D eigenvalue weighted by atomic mass is 35.5. The molecule has 0 saturated heterocycles. The molecular formula is C20H16ClF4N5O2S. The lowest BCUT2D eigenvalue weighted by Gasteiger charge is -2.10. The zero-order valence-electron chi connectivity index (χ0n) is 16.9. The van der Waals surface area contributed by atoms with Crippen molar-refractivity contribution >= 4 is 46.6 Å². The summed E-state index contributed by atoms with van der Waals surface area (Å²) in [7, 11) is 1.59. The van der Waals surface area contributed by atoms with Crippen molar-refractivity contribution in [3.63, 3.8) is 0 Å². The summed E-state index contributed by atoms with van der Waals surface area (Å²) in [6.07, 6.45) is -4.76. The topological polar surface area (TPSA) is 88.9 Å². The molecule has 3 rings (SSSR count). The molecule has 3 aromatic rings. The highest BCUT2D eigenvalue weighted by molar-refractivity contribution is 7.99. The van der Waals surface area contributed by atoms with E-state index in [0.29, 0.717) is 10.8 Å². The number of thioether (sulfide) groups is 1. The Morgan fingerprint density at radius 2 is 1.76 bits per heavy atom. The number of hydrogen-bond donors (Lipinski definition) is 2. The minimum Gasteiger partial charge on any atom is -0.326 e. The van der Waals surface area contributed by atoms with Crippen LogP contribution in [0.15, 0.2) is 47.6 Å². The Labute approximate surface area is 194 Å². The lowest BCUT2D eigenvalue weighted by atomic mass is 10.2. The molecule has 0 radical (unpaired) electrons. The summed E-state index contributed by atoms with van der Waals surface area (Å²) in [6, 6.07) is 8.06. The Kier molecular flexibility index (Phi) is 7.59. The second kappa shape index (κ2) is 10.2. The van der Waals surface area contributed by atoms with Crippen molar-refractivity contribution in [3.8, 4) is 0 Å². The van der Waals surface area contributed by atoms with Gasteiger partial charge in [0, 0.05) is 18.4 Å². The van der Waals surface area contributed by atoms with E-state index in [-0.39, 0.29) is 28.7 Å². The lowest BCUT2D eigenvalue weighted by Crippen LogP contribution is -2.18. The van der Waals surface area contributed by atoms with Gasteiger partial charge in [-0.2, -0.15) is 13.2 Å². The molecule has 0 bridgehead atoms. The third kappa shape index (κ3) is 6.68. The molecule has 2 aromatic carbocycles. The number of amides is 2. The first-order valence-corrected chi connectivity index (χ1v) is 10.6. The first kappa shape index (κ1) is 24.5. The van der Waals surface area contributed by atoms with Crippen molar-refractivity contribution in [1.82, 2.24) is 14.8 Å². The molecule has 0 aliphatic carbocycles. The van der Waals surface area contributed by atoms with Crippen LogP contribution in [0.25, 0.3) is 0 Å². The molecule has 174 valence electrons. The quantitative estimate of drug-likeness (QED) is 0.366. The molecule has 2 N–H and O–H groups in total. The number of rotatable bonds is 7. The van der Waals surface area contributed by atoms with Crippen molar-refractivity contribution in [2.24, 2.45) is 7.05 Å². The number of halogens is 5. The van der Waals surface area contributed by atoms with Gasteiger partial charge in [-0.25, -0.2) is 4.39 Å². The number of benzene rings is 2. The second-order valence-corrected chi connectivity index (χ2v) is 8.08. The maximum absolute atomic E-state index is 13.2. The van der Waals surface area contributed by atoms with Crippen LogP contribution in [0.5, 0.6) is 0 Å². The van der Waals surface area contributed by atoms with Gasteiger partial charge in [-0.15, -0.1) is 10.2 Å². The fourth-order valence-corrected chi connectivity index (χ4v) is 3.56. The summed E-state index contributed by atoms with van der Waals surface area (Å²) in [6.45, 7) is 0. The Morgan fingerprint density at radius 1 is 1.06 bits per heavy atom. The average molecular weight is 502 g/mol. The van der Waals surface area contributed by atoms with Crippen LogP contribution in [0, 0.1) is 5.82 Å². The van der Waals surface area contributed by atoms with Crippen LogP contribution in [0.1, 0.15) is 11.4 Å². The first-order chi connectivity index (χ1) is 15.5. The molecule has 7 nitrogen and oxygen atoms in total. The molecule has 0 unspecified atom stereocenters. The number of nitrogens with zero attached hydrogens (tertiary/aromatic N) is 3. The SMILES string of the molecule is Cn1c(CC(=O)Nc2cccc(C(F)(F)F)c2)nnc1SCC(=O)Nc1ccc(F)c(Cl)c1. The summed E-state index contributed by atoms with van der Waals surface area (Å²) >= 11 is 6.73. The van der Waals surface area contributed by atoms with Gasteiger partial charge in [0.2, 0.25) is 11.8 Å². The third-order valence-electron chi connectivity index (χ3n) is 4.25. The number of hydrogen-bond acceptors (Lipinski definition) is 5. The van der Waals surface area contributed by atoms with E-state index < -0.39 is 29.4 Å². The summed E-state index contributed by atoms with van der Waals surface area (Å²) in [5, 5.41) is 13.0. The van der Waals surface area contributed by atoms with E-state index in [0.717, 1.165) is 30.0 Å². The maximum atomic E-state index is 13.2. The van der Waals surface area contributed by atoms with Gasteiger partial charge >= 0.3 is 6.18 Å². The van der Waals surface area contributed by atoms with Crippen LogP contribution in [-0.4, -0.2) is 32.3 Å². The van der Waals surface area contributed by atoms with Gasteiger partial charge < -0.3 is 15.2 Å². The first-order valence-electron chi connectivity index (χ1n) is 9.26. The number of aromatic nitrogens is 3. The maximum Gasteiger partial charge on any atom is 0.416 e. The van der Waals surface area contributed by atoms with Gasteiger partial charge in [0.15, 0.2) is 5.16 Å². The van der Waals surface area contributed by atoms with Gasteiger partial charge in [0.25, 0.3) is 0 Å². The minimum atomic E-state index is -4.52. The van der Waals surface area contributed by atoms with Crippen LogP contribution >= 0.6 is 23.4 Å². The minimum absolute atomic E-state index is 0.00385. The fourth-order valence-electron chi connectivity index (χ4n) is 2.65. The highest BCUT2D eigenvalue weighted by Gasteiger charge is 2.30. The van der Waals surface area contributed by atoms with Crippen LogP contribution in [0.2, 0.25) is 5.02 Å². The van der Waals surface area contributed by atoms with E-state index in [4.69, 9.17) is 11.6 Å². The van der Waals surface area contributed by atoms with Crippen molar-refractivity contribution in [1.29, 1.82) is 0 Å². The number of anilines is 2. The van der Waals surface area contributed by atoms with Crippen molar-refractivity contribution in [2.45, 2.75) is 17.8 Å². The van der Waals surface area contributed by atoms with Crippen LogP contribution in [0.3, 0.4) is 0 Å². The summed E-state index contributed by atoms with van der Waals surface area (Å²) in [5.41, 5.74) is -0.542. The molecule has 0 atom stereocenters. The van der Waals surface area contributed by atoms with Crippen molar-refractivity contribution in [3.05, 3.63) is 64.7 Å². The fraction of sp³-hybridized carbons (Fsp3) is 0.200. The van der Waals surface area contributed by atoms with E-state index in [9.17, 15) is 27.2 Å². The standard InChI is InChI=1S/C20H16ClF4N5O2S/c1-30-16(9-17(31)26-12-4-2-3-11(7-12)20(23,24)25)28-29-19(30)33-10-18(32)27-13-5-6-15(22)14(21)8-13/h2-8H,9-10H2,1H3,(H,26,31)(H,27,32). The molecule has 0 aliphatic rings. The summed E-state index contributed by atoms with van der Waals surface area (Å²) in [5.74, 6) is -1.36. The lowest BCUT2D eigenvalue weighted by molar-refractivity contribution is -0.137. The van der Waals surface area contributed by atoms with Crippen molar-refractivity contribution in [2.75, 3.05) is 16.4 Å². The van der Waals surface area contributed by atoms with Gasteiger partial charge in [-0.05, 0) is 36.4 Å². The Morgan fingerprint density at radius 3 is 2.45 bits per heavy atom. The molecule has 2 amide bonds. The Bertz CT molecular complexity index is 1190. The van der Waals surface area contributed by atoms with Gasteiger partial charge in [-0.1, -0.05) is 29.4 Å². The van der Waals surface area contributed by atoms with E-state index in [2.05, 4.69) is 20.8 Å². The van der Waals surface area contributed by atoms with E-state index in [1.54, 1.807) is 7.05 Å². The molecule has 33 heavy (non-hydrogen) atoms. The highest BCUT2D eigenvalue weighted by Crippen LogP contribution is 2.30. The van der Waals surface area contributed by atoms with E-state index >= 15 is 0 Å². The Hall–Kier alpha value is -3.12. The molecular weight excluding hydrogens is 486 g/mol.